The van der Waals surface area contributed by atoms with Gasteiger partial charge in [-0.1, -0.05) is 45.4 Å². The van der Waals surface area contributed by atoms with Crippen molar-refractivity contribution in [1.29, 1.82) is 0 Å². The number of hydrogen-bond donors (Lipinski definition) is 1. The second-order valence-corrected chi connectivity index (χ2v) is 7.14. The van der Waals surface area contributed by atoms with Crippen molar-refractivity contribution in [3.05, 3.63) is 0 Å². The zero-order valence-corrected chi connectivity index (χ0v) is 13.2. The van der Waals surface area contributed by atoms with Crippen LogP contribution in [-0.4, -0.2) is 35.0 Å². The standard InChI is InChI=1S/C13H26N2S2/c1-5-11(6-2)12-9-15-13(17-12)14-8-7-10(3)16-4/h10-12H,5-9H2,1-4H3,(H,14,15). The Morgan fingerprint density at radius 1 is 1.47 bits per heavy atom. The van der Waals surface area contributed by atoms with E-state index in [9.17, 15) is 0 Å². The van der Waals surface area contributed by atoms with E-state index < -0.39 is 0 Å². The summed E-state index contributed by atoms with van der Waals surface area (Å²) in [6, 6.07) is 0. The normalized spacial score (nSPS) is 21.7. The van der Waals surface area contributed by atoms with Gasteiger partial charge in [0, 0.05) is 17.0 Å². The molecule has 0 saturated heterocycles. The molecule has 1 heterocycles. The molecule has 2 unspecified atom stereocenters. The van der Waals surface area contributed by atoms with Crippen molar-refractivity contribution in [2.75, 3.05) is 19.3 Å². The average Bonchev–Trinajstić information content (AvgIpc) is 2.79. The van der Waals surface area contributed by atoms with Crippen LogP contribution in [0, 0.1) is 5.92 Å². The predicted molar refractivity (Wildman–Crippen MR) is 83.3 cm³/mol. The van der Waals surface area contributed by atoms with Gasteiger partial charge in [0.1, 0.15) is 0 Å². The Morgan fingerprint density at radius 2 is 2.18 bits per heavy atom. The van der Waals surface area contributed by atoms with Crippen molar-refractivity contribution in [3.8, 4) is 0 Å². The van der Waals surface area contributed by atoms with Gasteiger partial charge in [0.2, 0.25) is 0 Å². The first kappa shape index (κ1) is 15.2. The molecule has 4 heteroatoms. The predicted octanol–water partition coefficient (Wildman–Crippen LogP) is 3.63. The molecule has 1 N–H and O–H groups in total. The number of thioether (sulfide) groups is 2. The number of hydrogen-bond acceptors (Lipinski definition) is 4. The summed E-state index contributed by atoms with van der Waals surface area (Å²) in [6.07, 6.45) is 5.95. The van der Waals surface area contributed by atoms with Crippen molar-refractivity contribution >= 4 is 28.7 Å². The molecule has 0 bridgehead atoms. The van der Waals surface area contributed by atoms with Crippen molar-refractivity contribution < 1.29 is 0 Å². The lowest BCUT2D eigenvalue weighted by Gasteiger charge is -2.18. The van der Waals surface area contributed by atoms with Crippen molar-refractivity contribution in [2.45, 2.75) is 50.5 Å². The van der Waals surface area contributed by atoms with E-state index in [1.165, 1.54) is 24.4 Å². The Labute approximate surface area is 115 Å². The highest BCUT2D eigenvalue weighted by atomic mass is 32.2. The van der Waals surface area contributed by atoms with Gasteiger partial charge >= 0.3 is 0 Å². The largest absolute Gasteiger partial charge is 0.365 e. The molecule has 0 saturated carbocycles. The lowest BCUT2D eigenvalue weighted by molar-refractivity contribution is 0.479. The number of rotatable bonds is 7. The van der Waals surface area contributed by atoms with Gasteiger partial charge in [-0.15, -0.1) is 0 Å². The third-order valence-electron chi connectivity index (χ3n) is 3.48. The second-order valence-electron chi connectivity index (χ2n) is 4.64. The SMILES string of the molecule is CCC(CC)C1CN=C(NCCC(C)SC)S1. The van der Waals surface area contributed by atoms with Crippen LogP contribution in [0.2, 0.25) is 0 Å². The highest BCUT2D eigenvalue weighted by Crippen LogP contribution is 2.30. The Hall–Kier alpha value is 0.170. The summed E-state index contributed by atoms with van der Waals surface area (Å²) >= 11 is 3.89. The third kappa shape index (κ3) is 5.12. The molecule has 1 aliphatic heterocycles. The molecule has 0 radical (unpaired) electrons. The van der Waals surface area contributed by atoms with Crippen molar-refractivity contribution in [1.82, 2.24) is 5.32 Å². The molecule has 100 valence electrons. The zero-order chi connectivity index (χ0) is 12.7. The van der Waals surface area contributed by atoms with Crippen molar-refractivity contribution in [3.63, 3.8) is 0 Å². The number of nitrogens with zero attached hydrogens (tertiary/aromatic N) is 1. The van der Waals surface area contributed by atoms with E-state index in [0.29, 0.717) is 5.25 Å². The van der Waals surface area contributed by atoms with Crippen LogP contribution in [-0.2, 0) is 0 Å². The maximum atomic E-state index is 4.62. The first-order chi connectivity index (χ1) is 8.21. The van der Waals surface area contributed by atoms with Crippen molar-refractivity contribution in [2.24, 2.45) is 10.9 Å². The third-order valence-corrected chi connectivity index (χ3v) is 5.86. The fourth-order valence-electron chi connectivity index (χ4n) is 2.05. The molecule has 1 aliphatic rings. The minimum absolute atomic E-state index is 0.713. The first-order valence-electron chi connectivity index (χ1n) is 6.69. The molecule has 2 nitrogen and oxygen atoms in total. The van der Waals surface area contributed by atoms with E-state index in [1.807, 2.05) is 23.5 Å². The van der Waals surface area contributed by atoms with E-state index in [-0.39, 0.29) is 0 Å². The van der Waals surface area contributed by atoms with Crippen LogP contribution in [0.4, 0.5) is 0 Å². The minimum Gasteiger partial charge on any atom is -0.365 e. The topological polar surface area (TPSA) is 24.4 Å². The second kappa shape index (κ2) is 8.30. The van der Waals surface area contributed by atoms with Gasteiger partial charge in [-0.05, 0) is 18.6 Å². The quantitative estimate of drug-likeness (QED) is 0.767. The molecule has 0 aromatic rings. The number of amidine groups is 1. The minimum atomic E-state index is 0.713. The molecular weight excluding hydrogens is 248 g/mol. The van der Waals surface area contributed by atoms with Gasteiger partial charge < -0.3 is 5.32 Å². The fourth-order valence-corrected chi connectivity index (χ4v) is 3.75. The van der Waals surface area contributed by atoms with Gasteiger partial charge in [0.05, 0.1) is 6.54 Å². The maximum absolute atomic E-state index is 4.62. The summed E-state index contributed by atoms with van der Waals surface area (Å²) in [5.74, 6) is 0.827. The van der Waals surface area contributed by atoms with Crippen LogP contribution in [0.5, 0.6) is 0 Å². The Balaban J connectivity index is 2.21. The Bertz CT molecular complexity index is 240. The van der Waals surface area contributed by atoms with Crippen LogP contribution >= 0.6 is 23.5 Å². The van der Waals surface area contributed by atoms with Gasteiger partial charge in [-0.25, -0.2) is 0 Å². The van der Waals surface area contributed by atoms with E-state index >= 15 is 0 Å². The molecule has 0 aromatic heterocycles. The molecule has 0 amide bonds. The van der Waals surface area contributed by atoms with Crippen LogP contribution < -0.4 is 5.32 Å². The van der Waals surface area contributed by atoms with Gasteiger partial charge in [0.25, 0.3) is 0 Å². The molecule has 0 spiro atoms. The average molecular weight is 274 g/mol. The lowest BCUT2D eigenvalue weighted by Crippen LogP contribution is -2.24. The molecule has 1 rings (SSSR count). The Morgan fingerprint density at radius 3 is 2.76 bits per heavy atom. The monoisotopic (exact) mass is 274 g/mol. The van der Waals surface area contributed by atoms with Gasteiger partial charge in [-0.3, -0.25) is 4.99 Å². The van der Waals surface area contributed by atoms with Gasteiger partial charge in [-0.2, -0.15) is 11.8 Å². The first-order valence-corrected chi connectivity index (χ1v) is 8.85. The fraction of sp³-hybridized carbons (Fsp3) is 0.923. The summed E-state index contributed by atoms with van der Waals surface area (Å²) in [6.45, 7) is 8.93. The smallest absolute Gasteiger partial charge is 0.156 e. The highest BCUT2D eigenvalue weighted by molar-refractivity contribution is 8.14. The summed E-state index contributed by atoms with van der Waals surface area (Å²) in [5.41, 5.74) is 0. The molecule has 17 heavy (non-hydrogen) atoms. The van der Waals surface area contributed by atoms with Crippen LogP contribution in [0.1, 0.15) is 40.0 Å². The molecule has 0 aromatic carbocycles. The maximum Gasteiger partial charge on any atom is 0.156 e. The van der Waals surface area contributed by atoms with Gasteiger partial charge in [0.15, 0.2) is 5.17 Å². The van der Waals surface area contributed by atoms with Crippen LogP contribution in [0.15, 0.2) is 4.99 Å². The summed E-state index contributed by atoms with van der Waals surface area (Å²) in [5, 5.41) is 6.11. The van der Waals surface area contributed by atoms with E-state index in [2.05, 4.69) is 37.3 Å². The van der Waals surface area contributed by atoms with E-state index in [4.69, 9.17) is 0 Å². The number of nitrogens with one attached hydrogen (secondary N) is 1. The van der Waals surface area contributed by atoms with Crippen LogP contribution in [0.3, 0.4) is 0 Å². The van der Waals surface area contributed by atoms with E-state index in [0.717, 1.165) is 24.3 Å². The van der Waals surface area contributed by atoms with E-state index in [1.54, 1.807) is 0 Å². The summed E-state index contributed by atoms with van der Waals surface area (Å²) in [7, 11) is 0. The zero-order valence-electron chi connectivity index (χ0n) is 11.5. The molecular formula is C13H26N2S2. The summed E-state index contributed by atoms with van der Waals surface area (Å²) < 4.78 is 0. The molecule has 0 aliphatic carbocycles. The number of aliphatic imine (C=N–C) groups is 1. The lowest BCUT2D eigenvalue weighted by atomic mass is 9.99. The van der Waals surface area contributed by atoms with Crippen LogP contribution in [0.25, 0.3) is 0 Å². The highest BCUT2D eigenvalue weighted by Gasteiger charge is 2.25. The molecule has 0 fully saturated rings. The molecule has 2 atom stereocenters. The Kier molecular flexibility index (Phi) is 7.44. The summed E-state index contributed by atoms with van der Waals surface area (Å²) in [4.78, 5) is 4.62.